The Morgan fingerprint density at radius 2 is 2.18 bits per heavy atom. The second-order valence-electron chi connectivity index (χ2n) is 2.17. The molecule has 11 heavy (non-hydrogen) atoms. The van der Waals surface area contributed by atoms with Gasteiger partial charge in [-0.25, -0.2) is 4.68 Å². The van der Waals surface area contributed by atoms with Crippen LogP contribution in [0.15, 0.2) is 0 Å². The molecular weight excluding hydrogens is 146 g/mol. The van der Waals surface area contributed by atoms with Gasteiger partial charge in [-0.2, -0.15) is 0 Å². The minimum atomic E-state index is 0.118. The molecule has 0 aliphatic rings. The largest absolute Gasteiger partial charge is 0.396 e. The highest BCUT2D eigenvalue weighted by molar-refractivity contribution is 5.16. The zero-order valence-corrected chi connectivity index (χ0v) is 6.06. The normalized spacial score (nSPS) is 10.3. The molecule has 1 aromatic heterocycles. The van der Waals surface area contributed by atoms with Gasteiger partial charge in [-0.05, 0) is 6.42 Å². The van der Waals surface area contributed by atoms with E-state index in [0.717, 1.165) is 0 Å². The summed E-state index contributed by atoms with van der Waals surface area (Å²) >= 11 is 0. The van der Waals surface area contributed by atoms with Gasteiger partial charge in [0.15, 0.2) is 5.82 Å². The molecule has 5 N–H and O–H groups in total. The van der Waals surface area contributed by atoms with E-state index in [0.29, 0.717) is 18.7 Å². The zero-order valence-electron chi connectivity index (χ0n) is 6.06. The molecule has 0 aliphatic heterocycles. The van der Waals surface area contributed by atoms with Crippen molar-refractivity contribution in [1.82, 2.24) is 14.9 Å². The Morgan fingerprint density at radius 1 is 1.45 bits per heavy atom. The van der Waals surface area contributed by atoms with Crippen LogP contribution in [0.2, 0.25) is 0 Å². The fourth-order valence-electron chi connectivity index (χ4n) is 0.745. The zero-order chi connectivity index (χ0) is 8.27. The second-order valence-corrected chi connectivity index (χ2v) is 2.17. The molecular formula is C5H11N5O. The monoisotopic (exact) mass is 157 g/mol. The predicted octanol–water partition coefficient (Wildman–Crippen LogP) is -1.50. The molecule has 0 spiro atoms. The molecule has 0 saturated carbocycles. The van der Waals surface area contributed by atoms with Crippen LogP contribution in [0.25, 0.3) is 0 Å². The highest BCUT2D eigenvalue weighted by Gasteiger charge is 2.04. The lowest BCUT2D eigenvalue weighted by molar-refractivity contribution is 0.287. The molecule has 0 unspecified atom stereocenters. The number of aliphatic hydroxyl groups is 1. The van der Waals surface area contributed by atoms with Crippen molar-refractivity contribution in [2.24, 2.45) is 0 Å². The molecule has 1 heterocycles. The average Bonchev–Trinajstić information content (AvgIpc) is 2.31. The number of anilines is 1. The van der Waals surface area contributed by atoms with Crippen LogP contribution in [-0.2, 0) is 6.42 Å². The number of aryl methyl sites for hydroxylation is 1. The predicted molar refractivity (Wildman–Crippen MR) is 40.0 cm³/mol. The fourth-order valence-corrected chi connectivity index (χ4v) is 0.745. The number of nitrogen functional groups attached to an aromatic ring is 2. The summed E-state index contributed by atoms with van der Waals surface area (Å²) in [6.07, 6.45) is 1.21. The van der Waals surface area contributed by atoms with Crippen LogP contribution in [0.3, 0.4) is 0 Å². The van der Waals surface area contributed by atoms with E-state index in [2.05, 4.69) is 10.2 Å². The first-order valence-corrected chi connectivity index (χ1v) is 3.31. The summed E-state index contributed by atoms with van der Waals surface area (Å²) < 4.78 is 1.22. The molecule has 0 saturated heterocycles. The quantitative estimate of drug-likeness (QED) is 0.463. The van der Waals surface area contributed by atoms with Crippen molar-refractivity contribution in [1.29, 1.82) is 0 Å². The molecule has 0 bridgehead atoms. The van der Waals surface area contributed by atoms with Crippen LogP contribution in [0.4, 0.5) is 5.95 Å². The summed E-state index contributed by atoms with van der Waals surface area (Å²) in [6, 6.07) is 0. The number of hydrogen-bond donors (Lipinski definition) is 3. The van der Waals surface area contributed by atoms with Gasteiger partial charge < -0.3 is 16.7 Å². The molecule has 1 aromatic rings. The van der Waals surface area contributed by atoms with E-state index in [1.165, 1.54) is 4.68 Å². The SMILES string of the molecule is Nc1nnc(CCCO)n1N. The van der Waals surface area contributed by atoms with Crippen molar-refractivity contribution in [2.45, 2.75) is 12.8 Å². The van der Waals surface area contributed by atoms with Crippen molar-refractivity contribution in [3.05, 3.63) is 5.82 Å². The Bertz CT molecular complexity index is 233. The van der Waals surface area contributed by atoms with Crippen molar-refractivity contribution >= 4 is 5.95 Å². The van der Waals surface area contributed by atoms with E-state index in [1.54, 1.807) is 0 Å². The van der Waals surface area contributed by atoms with E-state index < -0.39 is 0 Å². The summed E-state index contributed by atoms with van der Waals surface area (Å²) in [4.78, 5) is 0. The van der Waals surface area contributed by atoms with Gasteiger partial charge in [0.2, 0.25) is 5.95 Å². The highest BCUT2D eigenvalue weighted by atomic mass is 16.2. The van der Waals surface area contributed by atoms with Crippen LogP contribution in [0.1, 0.15) is 12.2 Å². The summed E-state index contributed by atoms with van der Waals surface area (Å²) in [6.45, 7) is 0.118. The van der Waals surface area contributed by atoms with E-state index in [1.807, 2.05) is 0 Å². The number of hydrogen-bond acceptors (Lipinski definition) is 5. The maximum Gasteiger partial charge on any atom is 0.240 e. The highest BCUT2D eigenvalue weighted by Crippen LogP contribution is 1.99. The molecule has 0 atom stereocenters. The smallest absolute Gasteiger partial charge is 0.240 e. The Kier molecular flexibility index (Phi) is 2.27. The Balaban J connectivity index is 2.63. The molecule has 6 heteroatoms. The van der Waals surface area contributed by atoms with Gasteiger partial charge >= 0.3 is 0 Å². The number of nitrogens with zero attached hydrogens (tertiary/aromatic N) is 3. The minimum Gasteiger partial charge on any atom is -0.396 e. The lowest BCUT2D eigenvalue weighted by Crippen LogP contribution is -2.15. The molecule has 0 radical (unpaired) electrons. The molecule has 1 rings (SSSR count). The number of aromatic nitrogens is 3. The van der Waals surface area contributed by atoms with Gasteiger partial charge in [-0.15, -0.1) is 10.2 Å². The lowest BCUT2D eigenvalue weighted by atomic mass is 10.3. The number of nitrogens with two attached hydrogens (primary N) is 2. The van der Waals surface area contributed by atoms with Crippen LogP contribution < -0.4 is 11.6 Å². The van der Waals surface area contributed by atoms with Crippen molar-refractivity contribution < 1.29 is 5.11 Å². The van der Waals surface area contributed by atoms with Crippen LogP contribution in [0, 0.1) is 0 Å². The summed E-state index contributed by atoms with van der Waals surface area (Å²) in [5.41, 5.74) is 5.31. The molecule has 0 aliphatic carbocycles. The average molecular weight is 157 g/mol. The molecule has 0 aromatic carbocycles. The maximum absolute atomic E-state index is 8.50. The Morgan fingerprint density at radius 3 is 2.64 bits per heavy atom. The van der Waals surface area contributed by atoms with Crippen LogP contribution in [0.5, 0.6) is 0 Å². The van der Waals surface area contributed by atoms with Gasteiger partial charge in [0, 0.05) is 13.0 Å². The second kappa shape index (κ2) is 3.20. The van der Waals surface area contributed by atoms with Gasteiger partial charge in [0.25, 0.3) is 0 Å². The first-order valence-electron chi connectivity index (χ1n) is 3.31. The minimum absolute atomic E-state index is 0.118. The Hall–Kier alpha value is -1.30. The lowest BCUT2D eigenvalue weighted by Gasteiger charge is -1.98. The van der Waals surface area contributed by atoms with E-state index in [4.69, 9.17) is 16.7 Å². The van der Waals surface area contributed by atoms with Crippen molar-refractivity contribution in [3.8, 4) is 0 Å². The van der Waals surface area contributed by atoms with Gasteiger partial charge in [0.05, 0.1) is 0 Å². The van der Waals surface area contributed by atoms with Crippen LogP contribution >= 0.6 is 0 Å². The first kappa shape index (κ1) is 7.80. The fraction of sp³-hybridized carbons (Fsp3) is 0.600. The topological polar surface area (TPSA) is 103 Å². The Labute approximate surface area is 63.8 Å². The van der Waals surface area contributed by atoms with E-state index >= 15 is 0 Å². The molecule has 0 amide bonds. The third-order valence-electron chi connectivity index (χ3n) is 1.35. The van der Waals surface area contributed by atoms with Crippen molar-refractivity contribution in [2.75, 3.05) is 18.2 Å². The van der Waals surface area contributed by atoms with Gasteiger partial charge in [-0.3, -0.25) is 0 Å². The van der Waals surface area contributed by atoms with Crippen LogP contribution in [-0.4, -0.2) is 26.6 Å². The summed E-state index contributed by atoms with van der Waals surface area (Å²) in [5.74, 6) is 6.21. The van der Waals surface area contributed by atoms with Crippen molar-refractivity contribution in [3.63, 3.8) is 0 Å². The van der Waals surface area contributed by atoms with Gasteiger partial charge in [0.1, 0.15) is 0 Å². The number of rotatable bonds is 3. The maximum atomic E-state index is 8.50. The summed E-state index contributed by atoms with van der Waals surface area (Å²) in [7, 11) is 0. The molecule has 6 nitrogen and oxygen atoms in total. The third-order valence-corrected chi connectivity index (χ3v) is 1.35. The summed E-state index contributed by atoms with van der Waals surface area (Å²) in [5, 5.41) is 15.8. The van der Waals surface area contributed by atoms with Gasteiger partial charge in [-0.1, -0.05) is 0 Å². The third kappa shape index (κ3) is 1.58. The standard InChI is InChI=1S/C5H11N5O/c6-5-9-8-4(10(5)7)2-1-3-11/h11H,1-3,7H2,(H2,6,9). The first-order chi connectivity index (χ1) is 5.25. The number of aliphatic hydroxyl groups excluding tert-OH is 1. The molecule has 62 valence electrons. The molecule has 0 fully saturated rings. The van der Waals surface area contributed by atoms with E-state index in [9.17, 15) is 0 Å². The van der Waals surface area contributed by atoms with E-state index in [-0.39, 0.29) is 12.6 Å².